The van der Waals surface area contributed by atoms with E-state index in [1.807, 2.05) is 0 Å². The zero-order chi connectivity index (χ0) is 17.9. The van der Waals surface area contributed by atoms with E-state index in [0.29, 0.717) is 5.56 Å². The van der Waals surface area contributed by atoms with Crippen molar-refractivity contribution in [1.29, 1.82) is 0 Å². The first kappa shape index (κ1) is 18.0. The lowest BCUT2D eigenvalue weighted by Crippen LogP contribution is -2.19. The molecule has 0 aromatic heterocycles. The van der Waals surface area contributed by atoms with Gasteiger partial charge in [0.25, 0.3) is 0 Å². The van der Waals surface area contributed by atoms with Gasteiger partial charge in [-0.3, -0.25) is 0 Å². The highest BCUT2D eigenvalue weighted by Crippen LogP contribution is 2.21. The van der Waals surface area contributed by atoms with Crippen LogP contribution in [0.4, 0.5) is 8.78 Å². The van der Waals surface area contributed by atoms with Crippen molar-refractivity contribution < 1.29 is 26.7 Å². The summed E-state index contributed by atoms with van der Waals surface area (Å²) < 4.78 is 57.4. The number of carbonyl (C=O) groups excluding carboxylic acids is 1. The van der Waals surface area contributed by atoms with Crippen LogP contribution in [0.15, 0.2) is 47.4 Å². The number of sulfonamides is 1. The second-order valence-electron chi connectivity index (χ2n) is 4.95. The molecular formula is C16H15F2NO4S. The molecule has 2 aromatic carbocycles. The molecule has 24 heavy (non-hydrogen) atoms. The minimum Gasteiger partial charge on any atom is -0.454 e. The van der Waals surface area contributed by atoms with E-state index >= 15 is 0 Å². The average Bonchev–Trinajstić information content (AvgIpc) is 2.55. The zero-order valence-electron chi connectivity index (χ0n) is 12.9. The fourth-order valence-electron chi connectivity index (χ4n) is 1.97. The second kappa shape index (κ2) is 7.06. The van der Waals surface area contributed by atoms with Gasteiger partial charge >= 0.3 is 5.97 Å². The number of halogens is 2. The summed E-state index contributed by atoms with van der Waals surface area (Å²) in [5, 5.41) is 0. The molecule has 8 heteroatoms. The predicted octanol–water partition coefficient (Wildman–Crippen LogP) is 2.79. The summed E-state index contributed by atoms with van der Waals surface area (Å²) in [5.41, 5.74) is 0.0180. The van der Waals surface area contributed by atoms with E-state index in [1.165, 1.54) is 38.2 Å². The van der Waals surface area contributed by atoms with Gasteiger partial charge in [-0.25, -0.2) is 26.7 Å². The zero-order valence-corrected chi connectivity index (χ0v) is 13.7. The Hall–Kier alpha value is -2.32. The summed E-state index contributed by atoms with van der Waals surface area (Å²) >= 11 is 0. The SMILES string of the molecule is CNS(=O)(=O)c1ccc(F)c(C(=O)OC(C)c2ccc(F)cc2)c1. The van der Waals surface area contributed by atoms with E-state index in [0.717, 1.165) is 18.2 Å². The highest BCUT2D eigenvalue weighted by atomic mass is 32.2. The van der Waals surface area contributed by atoms with Gasteiger partial charge in [0.1, 0.15) is 17.7 Å². The molecule has 0 radical (unpaired) electrons. The summed E-state index contributed by atoms with van der Waals surface area (Å²) in [6.45, 7) is 1.54. The molecule has 0 spiro atoms. The lowest BCUT2D eigenvalue weighted by molar-refractivity contribution is 0.0332. The molecule has 2 aromatic rings. The molecule has 0 aliphatic rings. The smallest absolute Gasteiger partial charge is 0.341 e. The van der Waals surface area contributed by atoms with Crippen LogP contribution < -0.4 is 4.72 Å². The van der Waals surface area contributed by atoms with Crippen molar-refractivity contribution in [3.63, 3.8) is 0 Å². The molecule has 2 rings (SSSR count). The van der Waals surface area contributed by atoms with Crippen LogP contribution in [0.2, 0.25) is 0 Å². The maximum atomic E-state index is 13.9. The van der Waals surface area contributed by atoms with Crippen LogP contribution in [0, 0.1) is 11.6 Å². The summed E-state index contributed by atoms with van der Waals surface area (Å²) in [4.78, 5) is 11.9. The van der Waals surface area contributed by atoms with Crippen molar-refractivity contribution in [1.82, 2.24) is 4.72 Å². The standard InChI is InChI=1S/C16H15F2NO4S/c1-10(11-3-5-12(17)6-4-11)23-16(20)14-9-13(7-8-15(14)18)24(21,22)19-2/h3-10,19H,1-2H3. The Bertz CT molecular complexity index is 851. The van der Waals surface area contributed by atoms with Crippen LogP contribution in [0.1, 0.15) is 28.9 Å². The Morgan fingerprint density at radius 2 is 1.75 bits per heavy atom. The highest BCUT2D eigenvalue weighted by Gasteiger charge is 2.21. The fourth-order valence-corrected chi connectivity index (χ4v) is 2.73. The quantitative estimate of drug-likeness (QED) is 0.837. The Balaban J connectivity index is 2.26. The third-order valence-electron chi connectivity index (χ3n) is 3.36. The molecular weight excluding hydrogens is 340 g/mol. The second-order valence-corrected chi connectivity index (χ2v) is 6.83. The van der Waals surface area contributed by atoms with Gasteiger partial charge in [-0.2, -0.15) is 0 Å². The number of esters is 1. The molecule has 0 amide bonds. The van der Waals surface area contributed by atoms with Crippen LogP contribution in [0.3, 0.4) is 0 Å². The van der Waals surface area contributed by atoms with Gasteiger partial charge in [0.15, 0.2) is 0 Å². The Labute approximate surface area is 138 Å². The average molecular weight is 355 g/mol. The van der Waals surface area contributed by atoms with Gasteiger partial charge in [-0.1, -0.05) is 12.1 Å². The van der Waals surface area contributed by atoms with Crippen molar-refractivity contribution in [3.05, 3.63) is 65.2 Å². The molecule has 0 heterocycles. The summed E-state index contributed by atoms with van der Waals surface area (Å²) in [6.07, 6.45) is -0.762. The largest absolute Gasteiger partial charge is 0.454 e. The molecule has 0 bridgehead atoms. The van der Waals surface area contributed by atoms with E-state index in [2.05, 4.69) is 4.72 Å². The van der Waals surface area contributed by atoms with Crippen LogP contribution in [-0.4, -0.2) is 21.4 Å². The Morgan fingerprint density at radius 3 is 2.33 bits per heavy atom. The third-order valence-corrected chi connectivity index (χ3v) is 4.77. The topological polar surface area (TPSA) is 72.5 Å². The Morgan fingerprint density at radius 1 is 1.12 bits per heavy atom. The van der Waals surface area contributed by atoms with E-state index in [1.54, 1.807) is 0 Å². The highest BCUT2D eigenvalue weighted by molar-refractivity contribution is 7.89. The third kappa shape index (κ3) is 3.95. The first-order chi connectivity index (χ1) is 11.2. The van der Waals surface area contributed by atoms with Gasteiger partial charge in [-0.15, -0.1) is 0 Å². The predicted molar refractivity (Wildman–Crippen MR) is 82.9 cm³/mol. The van der Waals surface area contributed by atoms with E-state index in [9.17, 15) is 22.0 Å². The summed E-state index contributed by atoms with van der Waals surface area (Å²) in [6, 6.07) is 8.11. The first-order valence-electron chi connectivity index (χ1n) is 6.94. The number of nitrogens with one attached hydrogen (secondary N) is 1. The van der Waals surface area contributed by atoms with Crippen molar-refractivity contribution in [2.24, 2.45) is 0 Å². The van der Waals surface area contributed by atoms with Gasteiger partial charge < -0.3 is 4.74 Å². The number of hydrogen-bond donors (Lipinski definition) is 1. The van der Waals surface area contributed by atoms with Crippen molar-refractivity contribution >= 4 is 16.0 Å². The number of ether oxygens (including phenoxy) is 1. The number of carbonyl (C=O) groups is 1. The van der Waals surface area contributed by atoms with Gasteiger partial charge in [0, 0.05) is 0 Å². The van der Waals surface area contributed by atoms with E-state index < -0.39 is 39.3 Å². The van der Waals surface area contributed by atoms with Gasteiger partial charge in [-0.05, 0) is 49.9 Å². The molecule has 1 atom stereocenters. The van der Waals surface area contributed by atoms with Crippen molar-refractivity contribution in [2.75, 3.05) is 7.05 Å². The number of hydrogen-bond acceptors (Lipinski definition) is 4. The Kier molecular flexibility index (Phi) is 5.30. The van der Waals surface area contributed by atoms with Crippen LogP contribution in [0.5, 0.6) is 0 Å². The van der Waals surface area contributed by atoms with Crippen molar-refractivity contribution in [2.45, 2.75) is 17.9 Å². The van der Waals surface area contributed by atoms with Crippen LogP contribution >= 0.6 is 0 Å². The van der Waals surface area contributed by atoms with Gasteiger partial charge in [0.2, 0.25) is 10.0 Å². The molecule has 1 N–H and O–H groups in total. The first-order valence-corrected chi connectivity index (χ1v) is 8.42. The summed E-state index contributed by atoms with van der Waals surface area (Å²) in [7, 11) is -2.62. The molecule has 1 unspecified atom stereocenters. The maximum Gasteiger partial charge on any atom is 0.341 e. The lowest BCUT2D eigenvalue weighted by atomic mass is 10.1. The van der Waals surface area contributed by atoms with Gasteiger partial charge in [0.05, 0.1) is 10.5 Å². The molecule has 0 fully saturated rings. The fraction of sp³-hybridized carbons (Fsp3) is 0.188. The van der Waals surface area contributed by atoms with Crippen LogP contribution in [-0.2, 0) is 14.8 Å². The molecule has 0 saturated carbocycles. The minimum atomic E-state index is -3.82. The normalized spacial score (nSPS) is 12.7. The number of benzene rings is 2. The summed E-state index contributed by atoms with van der Waals surface area (Å²) in [5.74, 6) is -2.35. The monoisotopic (exact) mass is 355 g/mol. The molecule has 0 saturated heterocycles. The molecule has 0 aliphatic carbocycles. The van der Waals surface area contributed by atoms with Crippen LogP contribution in [0.25, 0.3) is 0 Å². The minimum absolute atomic E-state index is 0.257. The van der Waals surface area contributed by atoms with Crippen molar-refractivity contribution in [3.8, 4) is 0 Å². The number of rotatable bonds is 5. The molecule has 0 aliphatic heterocycles. The molecule has 128 valence electrons. The lowest BCUT2D eigenvalue weighted by Gasteiger charge is -2.14. The maximum absolute atomic E-state index is 13.9. The van der Waals surface area contributed by atoms with E-state index in [4.69, 9.17) is 4.74 Å². The molecule has 5 nitrogen and oxygen atoms in total. The van der Waals surface area contributed by atoms with E-state index in [-0.39, 0.29) is 4.90 Å².